The van der Waals surface area contributed by atoms with Gasteiger partial charge in [0.15, 0.2) is 5.76 Å². The number of para-hydroxylation sites is 1. The molecular formula is C15H14N2O5S. The van der Waals surface area contributed by atoms with Crippen molar-refractivity contribution < 1.29 is 23.0 Å². The summed E-state index contributed by atoms with van der Waals surface area (Å²) in [6, 6.07) is 9.08. The lowest BCUT2D eigenvalue weighted by atomic mass is 10.1. The van der Waals surface area contributed by atoms with Gasteiger partial charge in [-0.15, -0.1) is 0 Å². The van der Waals surface area contributed by atoms with Crippen molar-refractivity contribution in [3.8, 4) is 22.8 Å². The summed E-state index contributed by atoms with van der Waals surface area (Å²) in [4.78, 5) is 4.24. The van der Waals surface area contributed by atoms with E-state index in [1.807, 2.05) is 24.3 Å². The van der Waals surface area contributed by atoms with Crippen LogP contribution in [0.15, 0.2) is 40.9 Å². The SMILES string of the molecule is CCS(=O)(=O)Nc1oc(-c2cnc3ccccc3c2)c(O)c1O. The number of nitrogens with one attached hydrogen (secondary N) is 1. The lowest BCUT2D eigenvalue weighted by Gasteiger charge is -2.02. The highest BCUT2D eigenvalue weighted by Gasteiger charge is 2.23. The second-order valence-electron chi connectivity index (χ2n) is 4.88. The number of sulfonamides is 1. The Kier molecular flexibility index (Phi) is 3.61. The zero-order chi connectivity index (χ0) is 16.6. The monoisotopic (exact) mass is 334 g/mol. The van der Waals surface area contributed by atoms with Crippen LogP contribution in [-0.4, -0.2) is 29.4 Å². The minimum absolute atomic E-state index is 0.0606. The molecule has 3 rings (SSSR count). The predicted molar refractivity (Wildman–Crippen MR) is 85.9 cm³/mol. The zero-order valence-electron chi connectivity index (χ0n) is 12.1. The summed E-state index contributed by atoms with van der Waals surface area (Å²) in [6.07, 6.45) is 1.47. The fourth-order valence-electron chi connectivity index (χ4n) is 2.09. The second kappa shape index (κ2) is 5.47. The van der Waals surface area contributed by atoms with Gasteiger partial charge in [0.2, 0.25) is 21.5 Å². The van der Waals surface area contributed by atoms with Crippen LogP contribution in [0.1, 0.15) is 6.92 Å². The topological polar surface area (TPSA) is 113 Å². The molecule has 0 bridgehead atoms. The Morgan fingerprint density at radius 1 is 1.22 bits per heavy atom. The maximum Gasteiger partial charge on any atom is 0.253 e. The van der Waals surface area contributed by atoms with Crippen molar-refractivity contribution in [1.82, 2.24) is 4.98 Å². The minimum Gasteiger partial charge on any atom is -0.502 e. The van der Waals surface area contributed by atoms with Crippen molar-refractivity contribution in [2.45, 2.75) is 6.92 Å². The van der Waals surface area contributed by atoms with Gasteiger partial charge in [-0.3, -0.25) is 4.98 Å². The molecule has 7 nitrogen and oxygen atoms in total. The molecule has 120 valence electrons. The highest BCUT2D eigenvalue weighted by Crippen LogP contribution is 2.45. The fourth-order valence-corrected chi connectivity index (χ4v) is 2.65. The number of nitrogens with zero attached hydrogens (tertiary/aromatic N) is 1. The van der Waals surface area contributed by atoms with E-state index in [9.17, 15) is 18.6 Å². The third kappa shape index (κ3) is 2.80. The van der Waals surface area contributed by atoms with Crippen molar-refractivity contribution in [2.75, 3.05) is 10.5 Å². The van der Waals surface area contributed by atoms with Gasteiger partial charge in [0.05, 0.1) is 11.3 Å². The first-order valence-corrected chi connectivity index (χ1v) is 8.47. The number of aromatic hydroxyl groups is 2. The van der Waals surface area contributed by atoms with E-state index < -0.39 is 27.4 Å². The average Bonchev–Trinajstić information content (AvgIpc) is 2.82. The molecule has 23 heavy (non-hydrogen) atoms. The quantitative estimate of drug-likeness (QED) is 0.676. The van der Waals surface area contributed by atoms with Crippen LogP contribution in [0.2, 0.25) is 0 Å². The molecule has 0 radical (unpaired) electrons. The lowest BCUT2D eigenvalue weighted by Crippen LogP contribution is -2.14. The standard InChI is InChI=1S/C15H14N2O5S/c1-2-23(20,21)17-15-13(19)12(18)14(22-15)10-7-9-5-3-4-6-11(9)16-8-10/h3-8,17-19H,2H2,1H3. The third-order valence-corrected chi connectivity index (χ3v) is 4.60. The lowest BCUT2D eigenvalue weighted by molar-refractivity contribution is 0.410. The molecule has 0 aliphatic heterocycles. The highest BCUT2D eigenvalue weighted by atomic mass is 32.2. The molecule has 3 N–H and O–H groups in total. The Morgan fingerprint density at radius 2 is 1.96 bits per heavy atom. The molecule has 2 aromatic heterocycles. The van der Waals surface area contributed by atoms with E-state index in [1.54, 1.807) is 6.07 Å². The normalized spacial score (nSPS) is 11.7. The second-order valence-corrected chi connectivity index (χ2v) is 6.89. The van der Waals surface area contributed by atoms with Gasteiger partial charge in [-0.05, 0) is 19.1 Å². The van der Waals surface area contributed by atoms with E-state index in [1.165, 1.54) is 13.1 Å². The average molecular weight is 334 g/mol. The van der Waals surface area contributed by atoms with E-state index in [-0.39, 0.29) is 11.5 Å². The van der Waals surface area contributed by atoms with Gasteiger partial charge in [0.1, 0.15) is 0 Å². The van der Waals surface area contributed by atoms with Crippen LogP contribution in [0.25, 0.3) is 22.2 Å². The molecule has 0 unspecified atom stereocenters. The largest absolute Gasteiger partial charge is 0.502 e. The molecule has 0 atom stereocenters. The van der Waals surface area contributed by atoms with Crippen molar-refractivity contribution in [1.29, 1.82) is 0 Å². The van der Waals surface area contributed by atoms with Gasteiger partial charge < -0.3 is 14.6 Å². The fraction of sp³-hybridized carbons (Fsp3) is 0.133. The molecule has 0 saturated heterocycles. The summed E-state index contributed by atoms with van der Waals surface area (Å²) >= 11 is 0. The van der Waals surface area contributed by atoms with Gasteiger partial charge in [-0.25, -0.2) is 13.1 Å². The van der Waals surface area contributed by atoms with E-state index in [0.29, 0.717) is 5.56 Å². The van der Waals surface area contributed by atoms with Gasteiger partial charge in [-0.2, -0.15) is 0 Å². The molecule has 3 aromatic rings. The number of benzene rings is 1. The van der Waals surface area contributed by atoms with Crippen molar-refractivity contribution in [3.63, 3.8) is 0 Å². The smallest absolute Gasteiger partial charge is 0.253 e. The number of hydrogen-bond acceptors (Lipinski definition) is 6. The van der Waals surface area contributed by atoms with Gasteiger partial charge in [0.25, 0.3) is 5.88 Å². The molecule has 2 heterocycles. The van der Waals surface area contributed by atoms with E-state index >= 15 is 0 Å². The maximum absolute atomic E-state index is 11.6. The number of hydrogen-bond donors (Lipinski definition) is 3. The van der Waals surface area contributed by atoms with Crippen LogP contribution >= 0.6 is 0 Å². The summed E-state index contributed by atoms with van der Waals surface area (Å²) in [5.74, 6) is -1.89. The Bertz CT molecular complexity index is 979. The van der Waals surface area contributed by atoms with Gasteiger partial charge in [0, 0.05) is 17.1 Å². The molecule has 0 fully saturated rings. The van der Waals surface area contributed by atoms with Crippen molar-refractivity contribution in [2.24, 2.45) is 0 Å². The zero-order valence-corrected chi connectivity index (χ0v) is 13.0. The first kappa shape index (κ1) is 15.2. The Morgan fingerprint density at radius 3 is 2.70 bits per heavy atom. The molecule has 1 aromatic carbocycles. The van der Waals surface area contributed by atoms with Crippen LogP contribution in [0, 0.1) is 0 Å². The van der Waals surface area contributed by atoms with Crippen LogP contribution in [0.3, 0.4) is 0 Å². The van der Waals surface area contributed by atoms with E-state index in [2.05, 4.69) is 9.71 Å². The van der Waals surface area contributed by atoms with Crippen LogP contribution in [0.4, 0.5) is 5.88 Å². The number of fused-ring (bicyclic) bond motifs is 1. The minimum atomic E-state index is -3.65. The third-order valence-electron chi connectivity index (χ3n) is 3.34. The van der Waals surface area contributed by atoms with Gasteiger partial charge in [-0.1, -0.05) is 18.2 Å². The van der Waals surface area contributed by atoms with Crippen LogP contribution < -0.4 is 4.72 Å². The summed E-state index contributed by atoms with van der Waals surface area (Å²) < 4.78 is 30.5. The number of furan rings is 1. The van der Waals surface area contributed by atoms with E-state index in [4.69, 9.17) is 4.42 Å². The number of anilines is 1. The first-order valence-electron chi connectivity index (χ1n) is 6.81. The first-order chi connectivity index (χ1) is 10.9. The Hall–Kier alpha value is -2.74. The Labute approximate surface area is 132 Å². The summed E-state index contributed by atoms with van der Waals surface area (Å²) in [6.45, 7) is 1.44. The van der Waals surface area contributed by atoms with Crippen LogP contribution in [0.5, 0.6) is 11.5 Å². The predicted octanol–water partition coefficient (Wildman–Crippen LogP) is 2.67. The Balaban J connectivity index is 2.08. The van der Waals surface area contributed by atoms with Crippen molar-refractivity contribution in [3.05, 3.63) is 36.5 Å². The summed E-state index contributed by atoms with van der Waals surface area (Å²) in [5, 5.41) is 20.7. The van der Waals surface area contributed by atoms with Crippen molar-refractivity contribution >= 4 is 26.8 Å². The highest BCUT2D eigenvalue weighted by molar-refractivity contribution is 7.92. The molecule has 0 aliphatic carbocycles. The van der Waals surface area contributed by atoms with Crippen LogP contribution in [-0.2, 0) is 10.0 Å². The molecule has 0 aliphatic rings. The van der Waals surface area contributed by atoms with E-state index in [0.717, 1.165) is 10.9 Å². The molecule has 0 amide bonds. The molecule has 8 heteroatoms. The molecular weight excluding hydrogens is 320 g/mol. The summed E-state index contributed by atoms with van der Waals surface area (Å²) in [7, 11) is -3.65. The summed E-state index contributed by atoms with van der Waals surface area (Å²) in [5.41, 5.74) is 1.18. The maximum atomic E-state index is 11.6. The number of rotatable bonds is 4. The van der Waals surface area contributed by atoms with Gasteiger partial charge >= 0.3 is 0 Å². The molecule has 0 spiro atoms. The number of pyridine rings is 1. The number of aromatic nitrogens is 1. The molecule has 0 saturated carbocycles.